The van der Waals surface area contributed by atoms with Crippen LogP contribution in [0.25, 0.3) is 16.3 Å². The molecule has 5 rings (SSSR count). The van der Waals surface area contributed by atoms with Crippen molar-refractivity contribution >= 4 is 33.8 Å². The van der Waals surface area contributed by atoms with Gasteiger partial charge in [0.2, 0.25) is 5.91 Å². The summed E-state index contributed by atoms with van der Waals surface area (Å²) >= 11 is 5.91. The summed E-state index contributed by atoms with van der Waals surface area (Å²) in [5.41, 5.74) is 3.68. The van der Waals surface area contributed by atoms with Crippen molar-refractivity contribution < 1.29 is 14.6 Å². The molecule has 1 amide bonds. The summed E-state index contributed by atoms with van der Waals surface area (Å²) in [5, 5.41) is 14.9. The topological polar surface area (TPSA) is 83.3 Å². The van der Waals surface area contributed by atoms with Gasteiger partial charge in [0, 0.05) is 59.4 Å². The number of morpholine rings is 1. The molecule has 0 bridgehead atoms. The first-order chi connectivity index (χ1) is 16.5. The van der Waals surface area contributed by atoms with E-state index in [0.717, 1.165) is 41.7 Å². The average molecular weight is 480 g/mol. The number of amides is 1. The van der Waals surface area contributed by atoms with E-state index in [2.05, 4.69) is 16.3 Å². The van der Waals surface area contributed by atoms with Crippen LogP contribution in [0, 0.1) is 0 Å². The molecule has 0 spiro atoms. The number of pyridine rings is 1. The van der Waals surface area contributed by atoms with Gasteiger partial charge in [-0.15, -0.1) is 0 Å². The van der Waals surface area contributed by atoms with E-state index in [1.165, 1.54) is 0 Å². The molecule has 34 heavy (non-hydrogen) atoms. The van der Waals surface area contributed by atoms with Gasteiger partial charge in [-0.25, -0.2) is 0 Å². The minimum atomic E-state index is -0.239. The minimum Gasteiger partial charge on any atom is -0.390 e. The van der Waals surface area contributed by atoms with E-state index >= 15 is 0 Å². The number of benzene rings is 2. The van der Waals surface area contributed by atoms with E-state index in [9.17, 15) is 14.7 Å². The molecule has 1 saturated heterocycles. The lowest BCUT2D eigenvalue weighted by Gasteiger charge is -2.26. The van der Waals surface area contributed by atoms with Crippen LogP contribution in [0.15, 0.2) is 53.5 Å². The Balaban J connectivity index is 1.44. The quantitative estimate of drug-likeness (QED) is 0.426. The van der Waals surface area contributed by atoms with Crippen LogP contribution in [-0.2, 0) is 35.6 Å². The minimum absolute atomic E-state index is 0.0376. The SMILES string of the molecule is O=C(Cc1cn2c(CO)cc3cc(CN4CCOCC4)cc(c1=O)c32)NCc1ccc(Cl)cc1. The van der Waals surface area contributed by atoms with Crippen molar-refractivity contribution in [3.05, 3.63) is 86.3 Å². The van der Waals surface area contributed by atoms with E-state index in [1.807, 2.05) is 28.7 Å². The number of carbonyl (C=O) groups is 1. The second kappa shape index (κ2) is 9.72. The van der Waals surface area contributed by atoms with Crippen LogP contribution >= 0.6 is 11.6 Å². The summed E-state index contributed by atoms with van der Waals surface area (Å²) in [6.45, 7) is 4.03. The van der Waals surface area contributed by atoms with Gasteiger partial charge in [-0.2, -0.15) is 0 Å². The number of nitrogens with one attached hydrogen (secondary N) is 1. The van der Waals surface area contributed by atoms with Gasteiger partial charge in [0.1, 0.15) is 0 Å². The first-order valence-electron chi connectivity index (χ1n) is 11.4. The molecule has 1 aliphatic rings. The van der Waals surface area contributed by atoms with Crippen LogP contribution in [0.2, 0.25) is 5.02 Å². The summed E-state index contributed by atoms with van der Waals surface area (Å²) in [6, 6.07) is 13.2. The zero-order chi connectivity index (χ0) is 23.7. The molecule has 0 unspecified atom stereocenters. The van der Waals surface area contributed by atoms with Crippen molar-refractivity contribution in [3.63, 3.8) is 0 Å². The molecule has 2 N–H and O–H groups in total. The molecule has 2 aromatic carbocycles. The largest absolute Gasteiger partial charge is 0.390 e. The number of hydrogen-bond acceptors (Lipinski definition) is 5. The lowest BCUT2D eigenvalue weighted by atomic mass is 10.0. The van der Waals surface area contributed by atoms with E-state index in [-0.39, 0.29) is 24.4 Å². The maximum absolute atomic E-state index is 13.4. The van der Waals surface area contributed by atoms with Crippen molar-refractivity contribution in [3.8, 4) is 0 Å². The molecule has 1 fully saturated rings. The first-order valence-corrected chi connectivity index (χ1v) is 11.7. The molecule has 1 aliphatic heterocycles. The second-order valence-corrected chi connectivity index (χ2v) is 9.13. The Kier molecular flexibility index (Phi) is 6.52. The van der Waals surface area contributed by atoms with Gasteiger partial charge < -0.3 is 19.6 Å². The fourth-order valence-corrected chi connectivity index (χ4v) is 4.72. The Morgan fingerprint density at radius 2 is 1.85 bits per heavy atom. The lowest BCUT2D eigenvalue weighted by Crippen LogP contribution is -2.35. The zero-order valence-corrected chi connectivity index (χ0v) is 19.5. The number of carbonyl (C=O) groups excluding carboxylic acids is 1. The zero-order valence-electron chi connectivity index (χ0n) is 18.7. The van der Waals surface area contributed by atoms with Crippen molar-refractivity contribution in [2.75, 3.05) is 26.3 Å². The molecule has 3 heterocycles. The summed E-state index contributed by atoms with van der Waals surface area (Å²) < 4.78 is 7.28. The Morgan fingerprint density at radius 1 is 1.09 bits per heavy atom. The fraction of sp³-hybridized carbons (Fsp3) is 0.308. The van der Waals surface area contributed by atoms with Crippen LogP contribution in [-0.4, -0.2) is 46.6 Å². The van der Waals surface area contributed by atoms with E-state index < -0.39 is 0 Å². The standard InChI is InChI=1S/C26H26ClN3O4/c27-21-3-1-17(2-4-21)13-28-24(32)12-20-15-30-22(16-31)11-19-9-18(10-23(25(19)30)26(20)33)14-29-5-7-34-8-6-29/h1-4,9-11,15,31H,5-8,12-14,16H2,(H,28,32). The molecule has 7 nitrogen and oxygen atoms in total. The Bertz CT molecular complexity index is 1380. The highest BCUT2D eigenvalue weighted by atomic mass is 35.5. The fourth-order valence-electron chi connectivity index (χ4n) is 4.59. The van der Waals surface area contributed by atoms with Crippen molar-refractivity contribution in [1.29, 1.82) is 0 Å². The van der Waals surface area contributed by atoms with Crippen LogP contribution in [0.5, 0.6) is 0 Å². The van der Waals surface area contributed by atoms with Gasteiger partial charge in [-0.1, -0.05) is 23.7 Å². The molecular weight excluding hydrogens is 454 g/mol. The van der Waals surface area contributed by atoms with Crippen molar-refractivity contribution in [2.45, 2.75) is 26.1 Å². The number of ether oxygens (including phenoxy) is 1. The molecule has 0 saturated carbocycles. The summed E-state index contributed by atoms with van der Waals surface area (Å²) in [6.07, 6.45) is 1.65. The molecule has 0 aliphatic carbocycles. The van der Waals surface area contributed by atoms with Gasteiger partial charge in [0.05, 0.1) is 31.8 Å². The Labute approximate surface area is 201 Å². The van der Waals surface area contributed by atoms with Gasteiger partial charge >= 0.3 is 0 Å². The predicted molar refractivity (Wildman–Crippen MR) is 131 cm³/mol. The third kappa shape index (κ3) is 4.65. The average Bonchev–Trinajstić information content (AvgIpc) is 3.20. The second-order valence-electron chi connectivity index (χ2n) is 8.70. The number of hydrogen-bond donors (Lipinski definition) is 2. The molecular formula is C26H26ClN3O4. The Morgan fingerprint density at radius 3 is 2.59 bits per heavy atom. The van der Waals surface area contributed by atoms with E-state index in [1.54, 1.807) is 18.3 Å². The number of aromatic nitrogens is 1. The lowest BCUT2D eigenvalue weighted by molar-refractivity contribution is -0.120. The highest BCUT2D eigenvalue weighted by molar-refractivity contribution is 6.30. The number of nitrogens with zero attached hydrogens (tertiary/aromatic N) is 2. The van der Waals surface area contributed by atoms with Crippen LogP contribution in [0.4, 0.5) is 0 Å². The normalized spacial score (nSPS) is 14.8. The number of halogens is 1. The maximum atomic E-state index is 13.4. The predicted octanol–water partition coefficient (Wildman–Crippen LogP) is 2.73. The summed E-state index contributed by atoms with van der Waals surface area (Å²) in [7, 11) is 0. The molecule has 0 radical (unpaired) electrons. The van der Waals surface area contributed by atoms with Gasteiger partial charge in [0.25, 0.3) is 0 Å². The Hall–Kier alpha value is -2.97. The molecule has 4 aromatic rings. The highest BCUT2D eigenvalue weighted by Crippen LogP contribution is 2.26. The van der Waals surface area contributed by atoms with Crippen molar-refractivity contribution in [2.24, 2.45) is 0 Å². The monoisotopic (exact) mass is 479 g/mol. The van der Waals surface area contributed by atoms with E-state index in [0.29, 0.717) is 41.4 Å². The van der Waals surface area contributed by atoms with E-state index in [4.69, 9.17) is 16.3 Å². The third-order valence-corrected chi connectivity index (χ3v) is 6.57. The number of rotatable bonds is 7. The maximum Gasteiger partial charge on any atom is 0.224 e. The molecule has 176 valence electrons. The van der Waals surface area contributed by atoms with Gasteiger partial charge in [-0.05, 0) is 41.5 Å². The number of aliphatic hydroxyl groups is 1. The summed E-state index contributed by atoms with van der Waals surface area (Å²) in [5.74, 6) is -0.239. The molecule has 0 atom stereocenters. The third-order valence-electron chi connectivity index (χ3n) is 6.32. The van der Waals surface area contributed by atoms with Gasteiger partial charge in [0.15, 0.2) is 5.43 Å². The first kappa shape index (κ1) is 22.8. The van der Waals surface area contributed by atoms with Crippen LogP contribution in [0.3, 0.4) is 0 Å². The highest BCUT2D eigenvalue weighted by Gasteiger charge is 2.18. The number of aliphatic hydroxyl groups excluding tert-OH is 1. The van der Waals surface area contributed by atoms with Crippen LogP contribution < -0.4 is 10.7 Å². The molecule has 2 aromatic heterocycles. The summed E-state index contributed by atoms with van der Waals surface area (Å²) in [4.78, 5) is 28.4. The van der Waals surface area contributed by atoms with Crippen LogP contribution in [0.1, 0.15) is 22.4 Å². The van der Waals surface area contributed by atoms with Crippen molar-refractivity contribution in [1.82, 2.24) is 14.6 Å². The molecule has 8 heteroatoms. The smallest absolute Gasteiger partial charge is 0.224 e. The van der Waals surface area contributed by atoms with Gasteiger partial charge in [-0.3, -0.25) is 14.5 Å².